The van der Waals surface area contributed by atoms with Gasteiger partial charge in [0, 0.05) is 12.5 Å². The summed E-state index contributed by atoms with van der Waals surface area (Å²) < 4.78 is 58.7. The van der Waals surface area contributed by atoms with Gasteiger partial charge in [0.1, 0.15) is 9.84 Å². The summed E-state index contributed by atoms with van der Waals surface area (Å²) in [4.78, 5) is 0. The topological polar surface area (TPSA) is 46.2 Å². The summed E-state index contributed by atoms with van der Waals surface area (Å²) >= 11 is 0. The molecule has 0 amide bonds. The van der Waals surface area contributed by atoms with Crippen LogP contribution in [0.1, 0.15) is 38.5 Å². The largest absolute Gasteiger partial charge is 0.389 e. The van der Waals surface area contributed by atoms with Gasteiger partial charge in [0.05, 0.1) is 11.5 Å². The first-order valence-electron chi connectivity index (χ1n) is 6.29. The average molecular weight is 287 g/mol. The Morgan fingerprint density at radius 2 is 1.83 bits per heavy atom. The van der Waals surface area contributed by atoms with E-state index in [9.17, 15) is 21.6 Å². The summed E-state index contributed by atoms with van der Waals surface area (Å²) in [6.45, 7) is 0.975. The standard InChI is InChI=1S/C11H20F3NO2S/c12-11(13,14)6-3-9-18(16,17)8-2-5-10-4-1-7-15-10/h10,15H,1-9H2. The van der Waals surface area contributed by atoms with E-state index < -0.39 is 22.4 Å². The van der Waals surface area contributed by atoms with Crippen molar-refractivity contribution in [2.24, 2.45) is 0 Å². The Hall–Kier alpha value is -0.300. The highest BCUT2D eigenvalue weighted by Gasteiger charge is 2.27. The normalized spacial score (nSPS) is 21.4. The maximum absolute atomic E-state index is 11.9. The minimum absolute atomic E-state index is 0.00301. The van der Waals surface area contributed by atoms with Crippen molar-refractivity contribution in [3.63, 3.8) is 0 Å². The average Bonchev–Trinajstić information content (AvgIpc) is 2.67. The lowest BCUT2D eigenvalue weighted by atomic mass is 10.1. The molecule has 1 atom stereocenters. The minimum atomic E-state index is -4.26. The molecule has 3 nitrogen and oxygen atoms in total. The molecule has 1 rings (SSSR count). The molecule has 18 heavy (non-hydrogen) atoms. The van der Waals surface area contributed by atoms with Crippen LogP contribution in [0, 0.1) is 0 Å². The van der Waals surface area contributed by atoms with E-state index in [-0.39, 0.29) is 17.9 Å². The van der Waals surface area contributed by atoms with Crippen molar-refractivity contribution in [3.05, 3.63) is 0 Å². The second-order valence-electron chi connectivity index (χ2n) is 4.81. The van der Waals surface area contributed by atoms with Crippen molar-refractivity contribution < 1.29 is 21.6 Å². The molecule has 1 saturated heterocycles. The molecule has 7 heteroatoms. The molecule has 1 fully saturated rings. The van der Waals surface area contributed by atoms with Gasteiger partial charge in [-0.15, -0.1) is 0 Å². The third kappa shape index (κ3) is 7.20. The fourth-order valence-electron chi connectivity index (χ4n) is 2.15. The summed E-state index contributed by atoms with van der Waals surface area (Å²) in [5.74, 6) is -0.354. The van der Waals surface area contributed by atoms with Crippen LogP contribution >= 0.6 is 0 Å². The number of hydrogen-bond donors (Lipinski definition) is 1. The zero-order valence-corrected chi connectivity index (χ0v) is 11.1. The maximum atomic E-state index is 11.9. The smallest absolute Gasteiger partial charge is 0.314 e. The summed E-state index contributed by atoms with van der Waals surface area (Å²) in [6, 6.07) is 0.385. The van der Waals surface area contributed by atoms with Gasteiger partial charge in [-0.1, -0.05) is 0 Å². The Bertz CT molecular complexity index is 335. The van der Waals surface area contributed by atoms with Gasteiger partial charge in [-0.05, 0) is 38.6 Å². The third-order valence-corrected chi connectivity index (χ3v) is 4.91. The summed E-state index contributed by atoms with van der Waals surface area (Å²) in [6.07, 6.45) is -2.10. The molecule has 1 unspecified atom stereocenters. The molecule has 1 N–H and O–H groups in total. The van der Waals surface area contributed by atoms with Crippen LogP contribution in [0.5, 0.6) is 0 Å². The predicted molar refractivity (Wildman–Crippen MR) is 64.2 cm³/mol. The quantitative estimate of drug-likeness (QED) is 0.781. The van der Waals surface area contributed by atoms with E-state index in [2.05, 4.69) is 5.32 Å². The van der Waals surface area contributed by atoms with Crippen molar-refractivity contribution in [3.8, 4) is 0 Å². The van der Waals surface area contributed by atoms with Crippen LogP contribution < -0.4 is 5.32 Å². The molecule has 1 aliphatic rings. The van der Waals surface area contributed by atoms with Crippen molar-refractivity contribution in [2.45, 2.75) is 50.7 Å². The highest BCUT2D eigenvalue weighted by Crippen LogP contribution is 2.21. The SMILES string of the molecule is O=S(=O)(CCCC1CCCN1)CCCC(F)(F)F. The van der Waals surface area contributed by atoms with Crippen molar-refractivity contribution >= 4 is 9.84 Å². The molecule has 0 aliphatic carbocycles. The number of rotatable bonds is 7. The molecular formula is C11H20F3NO2S. The molecule has 0 saturated carbocycles. The minimum Gasteiger partial charge on any atom is -0.314 e. The van der Waals surface area contributed by atoms with Crippen LogP contribution in [0.4, 0.5) is 13.2 Å². The van der Waals surface area contributed by atoms with Crippen LogP contribution in [0.3, 0.4) is 0 Å². The lowest BCUT2D eigenvalue weighted by Crippen LogP contribution is -2.22. The monoisotopic (exact) mass is 287 g/mol. The Morgan fingerprint density at radius 1 is 1.17 bits per heavy atom. The van der Waals surface area contributed by atoms with Crippen LogP contribution in [0.15, 0.2) is 0 Å². The van der Waals surface area contributed by atoms with Gasteiger partial charge in [-0.3, -0.25) is 0 Å². The number of nitrogens with one attached hydrogen (secondary N) is 1. The number of halogens is 3. The fraction of sp³-hybridized carbons (Fsp3) is 1.00. The van der Waals surface area contributed by atoms with E-state index in [1.807, 2.05) is 0 Å². The Kier molecular flexibility index (Phi) is 5.91. The van der Waals surface area contributed by atoms with Gasteiger partial charge in [0.2, 0.25) is 0 Å². The zero-order chi connectivity index (χ0) is 13.6. The van der Waals surface area contributed by atoms with Crippen molar-refractivity contribution in [2.75, 3.05) is 18.1 Å². The first-order chi connectivity index (χ1) is 8.29. The molecule has 1 aliphatic heterocycles. The van der Waals surface area contributed by atoms with Crippen molar-refractivity contribution in [1.29, 1.82) is 0 Å². The van der Waals surface area contributed by atoms with Crippen LogP contribution in [-0.4, -0.2) is 38.7 Å². The van der Waals surface area contributed by atoms with E-state index >= 15 is 0 Å². The lowest BCUT2D eigenvalue weighted by Gasteiger charge is -2.10. The molecule has 0 bridgehead atoms. The predicted octanol–water partition coefficient (Wildman–Crippen LogP) is 2.28. The van der Waals surface area contributed by atoms with E-state index in [0.29, 0.717) is 12.5 Å². The van der Waals surface area contributed by atoms with E-state index in [1.54, 1.807) is 0 Å². The molecule has 0 radical (unpaired) electrons. The summed E-state index contributed by atoms with van der Waals surface area (Å²) in [7, 11) is -3.32. The van der Waals surface area contributed by atoms with Crippen LogP contribution in [0.2, 0.25) is 0 Å². The molecular weight excluding hydrogens is 267 g/mol. The first-order valence-corrected chi connectivity index (χ1v) is 8.11. The van der Waals surface area contributed by atoms with Gasteiger partial charge in [-0.2, -0.15) is 13.2 Å². The Morgan fingerprint density at radius 3 is 2.39 bits per heavy atom. The number of hydrogen-bond acceptors (Lipinski definition) is 3. The Balaban J connectivity index is 2.14. The van der Waals surface area contributed by atoms with Crippen molar-refractivity contribution in [1.82, 2.24) is 5.32 Å². The molecule has 108 valence electrons. The molecule has 0 aromatic rings. The van der Waals surface area contributed by atoms with Gasteiger partial charge in [0.25, 0.3) is 0 Å². The lowest BCUT2D eigenvalue weighted by molar-refractivity contribution is -0.134. The Labute approximate surface area is 106 Å². The highest BCUT2D eigenvalue weighted by molar-refractivity contribution is 7.91. The summed E-state index contributed by atoms with van der Waals surface area (Å²) in [5.41, 5.74) is 0. The van der Waals surface area contributed by atoms with Gasteiger partial charge < -0.3 is 5.32 Å². The first kappa shape index (κ1) is 15.8. The number of sulfone groups is 1. The van der Waals surface area contributed by atoms with E-state index in [4.69, 9.17) is 0 Å². The third-order valence-electron chi connectivity index (χ3n) is 3.09. The van der Waals surface area contributed by atoms with E-state index in [1.165, 1.54) is 0 Å². The van der Waals surface area contributed by atoms with Gasteiger partial charge >= 0.3 is 6.18 Å². The molecule has 1 heterocycles. The van der Waals surface area contributed by atoms with Crippen LogP contribution in [0.25, 0.3) is 0 Å². The van der Waals surface area contributed by atoms with Crippen LogP contribution in [-0.2, 0) is 9.84 Å². The molecule has 0 aromatic carbocycles. The van der Waals surface area contributed by atoms with Gasteiger partial charge in [-0.25, -0.2) is 8.42 Å². The highest BCUT2D eigenvalue weighted by atomic mass is 32.2. The molecule has 0 aromatic heterocycles. The van der Waals surface area contributed by atoms with Gasteiger partial charge in [0.15, 0.2) is 0 Å². The number of alkyl halides is 3. The molecule has 0 spiro atoms. The zero-order valence-electron chi connectivity index (χ0n) is 10.3. The maximum Gasteiger partial charge on any atom is 0.389 e. The summed E-state index contributed by atoms with van der Waals surface area (Å²) in [5, 5.41) is 3.26. The second kappa shape index (κ2) is 6.75. The van der Waals surface area contributed by atoms with E-state index in [0.717, 1.165) is 25.8 Å². The fourth-order valence-corrected chi connectivity index (χ4v) is 3.54. The second-order valence-corrected chi connectivity index (χ2v) is 7.11.